The fraction of sp³-hybridized carbons (Fsp3) is 0.231. The number of ketones is 1. The molecule has 7 heteroatoms. The largest absolute Gasteiger partial charge is 0.491 e. The number of benzene rings is 1. The Kier molecular flexibility index (Phi) is 4.09. The SMILES string of the molecule is CC(=O)c1ccccc1OCCn1cc([N+](=O)[O-])cn1. The molecule has 0 radical (unpaired) electrons. The van der Waals surface area contributed by atoms with Crippen LogP contribution in [0.3, 0.4) is 0 Å². The van der Waals surface area contributed by atoms with Crippen LogP contribution in [0.4, 0.5) is 5.69 Å². The Bertz CT molecular complexity index is 636. The van der Waals surface area contributed by atoms with Crippen LogP contribution in [0.15, 0.2) is 36.7 Å². The van der Waals surface area contributed by atoms with E-state index in [0.717, 1.165) is 0 Å². The molecule has 104 valence electrons. The highest BCUT2D eigenvalue weighted by Crippen LogP contribution is 2.18. The van der Waals surface area contributed by atoms with Crippen molar-refractivity contribution < 1.29 is 14.5 Å². The first-order valence-electron chi connectivity index (χ1n) is 5.97. The molecule has 7 nitrogen and oxygen atoms in total. The number of nitrogens with zero attached hydrogens (tertiary/aromatic N) is 3. The smallest absolute Gasteiger partial charge is 0.306 e. The summed E-state index contributed by atoms with van der Waals surface area (Å²) in [4.78, 5) is 21.4. The van der Waals surface area contributed by atoms with Crippen molar-refractivity contribution in [1.82, 2.24) is 9.78 Å². The van der Waals surface area contributed by atoms with Crippen molar-refractivity contribution in [3.63, 3.8) is 0 Å². The molecule has 1 aromatic carbocycles. The van der Waals surface area contributed by atoms with Gasteiger partial charge in [0.25, 0.3) is 0 Å². The van der Waals surface area contributed by atoms with E-state index in [1.54, 1.807) is 24.3 Å². The van der Waals surface area contributed by atoms with Crippen molar-refractivity contribution in [3.8, 4) is 5.75 Å². The molecule has 0 aliphatic carbocycles. The molecule has 0 bridgehead atoms. The van der Waals surface area contributed by atoms with E-state index < -0.39 is 4.92 Å². The van der Waals surface area contributed by atoms with Gasteiger partial charge < -0.3 is 4.74 Å². The van der Waals surface area contributed by atoms with E-state index in [2.05, 4.69) is 5.10 Å². The van der Waals surface area contributed by atoms with Gasteiger partial charge in [-0.05, 0) is 19.1 Å². The van der Waals surface area contributed by atoms with Gasteiger partial charge in [-0.15, -0.1) is 0 Å². The minimum atomic E-state index is -0.505. The Morgan fingerprint density at radius 1 is 1.45 bits per heavy atom. The molecule has 0 aliphatic heterocycles. The molecule has 0 fully saturated rings. The molecule has 0 atom stereocenters. The van der Waals surface area contributed by atoms with E-state index in [1.165, 1.54) is 24.0 Å². The molecule has 2 rings (SSSR count). The molecule has 0 spiro atoms. The summed E-state index contributed by atoms with van der Waals surface area (Å²) >= 11 is 0. The van der Waals surface area contributed by atoms with Crippen molar-refractivity contribution in [2.24, 2.45) is 0 Å². The molecular formula is C13H13N3O4. The van der Waals surface area contributed by atoms with E-state index >= 15 is 0 Å². The van der Waals surface area contributed by atoms with Crippen LogP contribution in [-0.4, -0.2) is 27.1 Å². The quantitative estimate of drug-likeness (QED) is 0.457. The lowest BCUT2D eigenvalue weighted by Gasteiger charge is -2.09. The van der Waals surface area contributed by atoms with Crippen molar-refractivity contribution in [2.45, 2.75) is 13.5 Å². The first-order valence-corrected chi connectivity index (χ1v) is 5.97. The molecule has 1 heterocycles. The highest BCUT2D eigenvalue weighted by atomic mass is 16.6. The second kappa shape index (κ2) is 5.96. The molecule has 0 saturated carbocycles. The zero-order valence-electron chi connectivity index (χ0n) is 10.9. The predicted octanol–water partition coefficient (Wildman–Crippen LogP) is 2.07. The van der Waals surface area contributed by atoms with E-state index in [4.69, 9.17) is 4.74 Å². The Labute approximate surface area is 114 Å². The van der Waals surface area contributed by atoms with Gasteiger partial charge in [-0.2, -0.15) is 5.10 Å². The minimum absolute atomic E-state index is 0.0610. The van der Waals surface area contributed by atoms with Gasteiger partial charge in [0, 0.05) is 0 Å². The van der Waals surface area contributed by atoms with Gasteiger partial charge in [0.2, 0.25) is 0 Å². The highest BCUT2D eigenvalue weighted by molar-refractivity contribution is 5.96. The Morgan fingerprint density at radius 3 is 2.85 bits per heavy atom. The standard InChI is InChI=1S/C13H13N3O4/c1-10(17)12-4-2-3-5-13(12)20-7-6-15-9-11(8-14-15)16(18)19/h2-5,8-9H,6-7H2,1H3. The molecule has 0 aliphatic rings. The van der Waals surface area contributed by atoms with Gasteiger partial charge in [0.1, 0.15) is 24.8 Å². The van der Waals surface area contributed by atoms with E-state index in [-0.39, 0.29) is 18.1 Å². The van der Waals surface area contributed by atoms with E-state index in [1.807, 2.05) is 0 Å². The first kappa shape index (κ1) is 13.7. The van der Waals surface area contributed by atoms with E-state index in [0.29, 0.717) is 17.9 Å². The average molecular weight is 275 g/mol. The number of hydrogen-bond acceptors (Lipinski definition) is 5. The number of Topliss-reactive ketones (excluding diaryl/α,β-unsaturated/α-hetero) is 1. The lowest BCUT2D eigenvalue weighted by atomic mass is 10.1. The normalized spacial score (nSPS) is 10.2. The fourth-order valence-corrected chi connectivity index (χ4v) is 1.70. The maximum atomic E-state index is 11.4. The second-order valence-corrected chi connectivity index (χ2v) is 4.12. The molecule has 0 amide bonds. The summed E-state index contributed by atoms with van der Waals surface area (Å²) in [5.41, 5.74) is 0.452. The third kappa shape index (κ3) is 3.19. The van der Waals surface area contributed by atoms with Crippen LogP contribution in [0.2, 0.25) is 0 Å². The molecule has 1 aromatic heterocycles. The number of carbonyl (C=O) groups is 1. The molecule has 0 N–H and O–H groups in total. The van der Waals surface area contributed by atoms with Crippen LogP contribution in [0.25, 0.3) is 0 Å². The Morgan fingerprint density at radius 2 is 2.20 bits per heavy atom. The summed E-state index contributed by atoms with van der Waals surface area (Å²) in [6.45, 7) is 2.10. The predicted molar refractivity (Wildman–Crippen MR) is 70.8 cm³/mol. The van der Waals surface area contributed by atoms with Crippen molar-refractivity contribution in [1.29, 1.82) is 0 Å². The second-order valence-electron chi connectivity index (χ2n) is 4.12. The Balaban J connectivity index is 1.96. The lowest BCUT2D eigenvalue weighted by Crippen LogP contribution is -2.10. The molecule has 20 heavy (non-hydrogen) atoms. The Hall–Kier alpha value is -2.70. The van der Waals surface area contributed by atoms with Crippen LogP contribution >= 0.6 is 0 Å². The average Bonchev–Trinajstić information content (AvgIpc) is 2.88. The van der Waals surface area contributed by atoms with Gasteiger partial charge in [0.05, 0.1) is 17.0 Å². The van der Waals surface area contributed by atoms with Gasteiger partial charge in [-0.3, -0.25) is 19.6 Å². The van der Waals surface area contributed by atoms with Gasteiger partial charge in [-0.1, -0.05) is 12.1 Å². The van der Waals surface area contributed by atoms with Gasteiger partial charge in [0.15, 0.2) is 5.78 Å². The third-order valence-corrected chi connectivity index (χ3v) is 2.67. The van der Waals surface area contributed by atoms with Crippen LogP contribution in [0.1, 0.15) is 17.3 Å². The van der Waals surface area contributed by atoms with Crippen molar-refractivity contribution in [3.05, 3.63) is 52.3 Å². The molecule has 2 aromatic rings. The zero-order valence-corrected chi connectivity index (χ0v) is 10.9. The number of hydrogen-bond donors (Lipinski definition) is 0. The van der Waals surface area contributed by atoms with Gasteiger partial charge in [-0.25, -0.2) is 0 Å². The zero-order chi connectivity index (χ0) is 14.5. The maximum absolute atomic E-state index is 11.4. The summed E-state index contributed by atoms with van der Waals surface area (Å²) in [5.74, 6) is 0.428. The number of ether oxygens (including phenoxy) is 1. The lowest BCUT2D eigenvalue weighted by molar-refractivity contribution is -0.385. The van der Waals surface area contributed by atoms with Crippen LogP contribution in [0.5, 0.6) is 5.75 Å². The highest BCUT2D eigenvalue weighted by Gasteiger charge is 2.10. The van der Waals surface area contributed by atoms with Crippen LogP contribution < -0.4 is 4.74 Å². The molecule has 0 saturated heterocycles. The summed E-state index contributed by atoms with van der Waals surface area (Å²) < 4.78 is 6.95. The van der Waals surface area contributed by atoms with E-state index in [9.17, 15) is 14.9 Å². The summed E-state index contributed by atoms with van der Waals surface area (Å²) in [7, 11) is 0. The topological polar surface area (TPSA) is 87.3 Å². The van der Waals surface area contributed by atoms with Crippen molar-refractivity contribution >= 4 is 11.5 Å². The van der Waals surface area contributed by atoms with Crippen molar-refractivity contribution in [2.75, 3.05) is 6.61 Å². The van der Waals surface area contributed by atoms with Crippen LogP contribution in [-0.2, 0) is 6.54 Å². The number of carbonyl (C=O) groups excluding carboxylic acids is 1. The monoisotopic (exact) mass is 275 g/mol. The maximum Gasteiger partial charge on any atom is 0.306 e. The first-order chi connectivity index (χ1) is 9.58. The van der Waals surface area contributed by atoms with Crippen LogP contribution in [0, 0.1) is 10.1 Å². The number of nitro groups is 1. The number of aromatic nitrogens is 2. The summed E-state index contributed by atoms with van der Waals surface area (Å²) in [5, 5.41) is 14.4. The summed E-state index contributed by atoms with van der Waals surface area (Å²) in [6, 6.07) is 6.94. The third-order valence-electron chi connectivity index (χ3n) is 2.67. The summed E-state index contributed by atoms with van der Waals surface area (Å²) in [6.07, 6.45) is 2.52. The minimum Gasteiger partial charge on any atom is -0.491 e. The van der Waals surface area contributed by atoms with Gasteiger partial charge >= 0.3 is 5.69 Å². The number of rotatable bonds is 6. The molecule has 0 unspecified atom stereocenters. The fourth-order valence-electron chi connectivity index (χ4n) is 1.70. The number of para-hydroxylation sites is 1. The molecular weight excluding hydrogens is 262 g/mol.